The van der Waals surface area contributed by atoms with E-state index in [0.29, 0.717) is 12.1 Å². The molecular weight excluding hydrogens is 672 g/mol. The van der Waals surface area contributed by atoms with E-state index in [-0.39, 0.29) is 38.1 Å². The smallest absolute Gasteiger partial charge is 0.258 e. The molecule has 0 spiro atoms. The van der Waals surface area contributed by atoms with Crippen molar-refractivity contribution in [1.29, 1.82) is 0 Å². The number of carbonyl (C=O) groups is 4. The van der Waals surface area contributed by atoms with Crippen molar-refractivity contribution in [1.82, 2.24) is 25.8 Å². The van der Waals surface area contributed by atoms with E-state index in [1.54, 1.807) is 26.3 Å². The van der Waals surface area contributed by atoms with Gasteiger partial charge in [-0.05, 0) is 55.7 Å². The Morgan fingerprint density at radius 2 is 1.65 bits per heavy atom. The summed E-state index contributed by atoms with van der Waals surface area (Å²) in [6.07, 6.45) is 8.01. The Hall–Kier alpha value is -3.42. The Balaban J connectivity index is 1.43. The molecule has 1 saturated heterocycles. The van der Waals surface area contributed by atoms with E-state index in [4.69, 9.17) is 5.73 Å². The number of benzene rings is 1. The SMILES string of the molecule is Cc1ncsc1-c1ccc([C@H](CC(=O)NCCCCCCCCCCN)NC(=O)[C@@H]2C[C@@H](O)CN2C(=O)C(NC(=O)C2(F)CC2)C(C)(C)C)cc1. The predicted octanol–water partition coefficient (Wildman–Crippen LogP) is 4.86. The van der Waals surface area contributed by atoms with Gasteiger partial charge in [-0.2, -0.15) is 0 Å². The molecule has 2 heterocycles. The molecule has 2 fully saturated rings. The van der Waals surface area contributed by atoms with Crippen LogP contribution in [0.2, 0.25) is 0 Å². The highest BCUT2D eigenvalue weighted by Gasteiger charge is 2.53. The van der Waals surface area contributed by atoms with Crippen LogP contribution in [-0.4, -0.2) is 82.1 Å². The number of aromatic nitrogens is 1. The van der Waals surface area contributed by atoms with Crippen molar-refractivity contribution in [3.63, 3.8) is 0 Å². The van der Waals surface area contributed by atoms with Gasteiger partial charge < -0.3 is 31.7 Å². The highest BCUT2D eigenvalue weighted by Crippen LogP contribution is 2.40. The number of unbranched alkanes of at least 4 members (excludes halogenated alkanes) is 7. The number of halogens is 1. The lowest BCUT2D eigenvalue weighted by Crippen LogP contribution is -2.59. The topological polar surface area (TPSA) is 167 Å². The number of hydrogen-bond acceptors (Lipinski definition) is 8. The van der Waals surface area contributed by atoms with E-state index in [2.05, 4.69) is 20.9 Å². The van der Waals surface area contributed by atoms with Crippen molar-refractivity contribution in [2.45, 2.75) is 135 Å². The monoisotopic (exact) mass is 728 g/mol. The normalized spacial score (nSPS) is 19.3. The number of amides is 4. The van der Waals surface area contributed by atoms with Crippen molar-refractivity contribution >= 4 is 35.0 Å². The summed E-state index contributed by atoms with van der Waals surface area (Å²) in [7, 11) is 0. The third-order valence-electron chi connectivity index (χ3n) is 9.83. The first-order valence-electron chi connectivity index (χ1n) is 18.5. The van der Waals surface area contributed by atoms with Crippen LogP contribution >= 0.6 is 11.3 Å². The second-order valence-electron chi connectivity index (χ2n) is 15.3. The number of nitrogens with zero attached hydrogens (tertiary/aromatic N) is 2. The van der Waals surface area contributed by atoms with Crippen LogP contribution in [0.4, 0.5) is 4.39 Å². The molecule has 0 bridgehead atoms. The zero-order valence-corrected chi connectivity index (χ0v) is 31.5. The fourth-order valence-corrected chi connectivity index (χ4v) is 7.31. The number of aryl methyl sites for hydroxylation is 1. The highest BCUT2D eigenvalue weighted by atomic mass is 32.1. The van der Waals surface area contributed by atoms with Gasteiger partial charge in [-0.1, -0.05) is 83.6 Å². The molecule has 4 atom stereocenters. The first-order valence-corrected chi connectivity index (χ1v) is 19.4. The van der Waals surface area contributed by atoms with Crippen LogP contribution in [-0.2, 0) is 19.2 Å². The van der Waals surface area contributed by atoms with Gasteiger partial charge in [0.25, 0.3) is 5.91 Å². The average molecular weight is 729 g/mol. The molecule has 6 N–H and O–H groups in total. The van der Waals surface area contributed by atoms with Crippen LogP contribution in [0.25, 0.3) is 10.4 Å². The molecule has 282 valence electrons. The minimum Gasteiger partial charge on any atom is -0.391 e. The Labute approximate surface area is 305 Å². The Morgan fingerprint density at radius 3 is 2.22 bits per heavy atom. The minimum atomic E-state index is -1.97. The molecule has 4 rings (SSSR count). The molecule has 1 aliphatic carbocycles. The van der Waals surface area contributed by atoms with E-state index < -0.39 is 53.0 Å². The second-order valence-corrected chi connectivity index (χ2v) is 16.1. The van der Waals surface area contributed by atoms with Crippen molar-refractivity contribution in [2.75, 3.05) is 19.6 Å². The van der Waals surface area contributed by atoms with Crippen LogP contribution in [0.1, 0.15) is 115 Å². The molecule has 51 heavy (non-hydrogen) atoms. The second kappa shape index (κ2) is 18.4. The number of hydrogen-bond donors (Lipinski definition) is 5. The molecule has 11 nitrogen and oxygen atoms in total. The fraction of sp³-hybridized carbons (Fsp3) is 0.658. The molecule has 4 amide bonds. The predicted molar refractivity (Wildman–Crippen MR) is 197 cm³/mol. The van der Waals surface area contributed by atoms with Crippen molar-refractivity contribution in [3.05, 3.63) is 41.0 Å². The van der Waals surface area contributed by atoms with Crippen molar-refractivity contribution < 1.29 is 28.7 Å². The molecule has 13 heteroatoms. The average Bonchev–Trinajstić information content (AvgIpc) is 3.49. The highest BCUT2D eigenvalue weighted by molar-refractivity contribution is 7.13. The van der Waals surface area contributed by atoms with Crippen LogP contribution in [0.3, 0.4) is 0 Å². The summed E-state index contributed by atoms with van der Waals surface area (Å²) >= 11 is 1.53. The quantitative estimate of drug-likeness (QED) is 0.129. The summed E-state index contributed by atoms with van der Waals surface area (Å²) < 4.78 is 14.6. The van der Waals surface area contributed by atoms with Gasteiger partial charge in [-0.3, -0.25) is 19.2 Å². The number of carbonyl (C=O) groups excluding carboxylic acids is 4. The summed E-state index contributed by atoms with van der Waals surface area (Å²) in [6, 6.07) is 4.76. The van der Waals surface area contributed by atoms with E-state index in [0.717, 1.165) is 48.4 Å². The van der Waals surface area contributed by atoms with Gasteiger partial charge in [-0.15, -0.1) is 11.3 Å². The van der Waals surface area contributed by atoms with E-state index in [1.165, 1.54) is 41.9 Å². The maximum atomic E-state index is 14.6. The number of likely N-dealkylation sites (tertiary alicyclic amines) is 1. The standard InChI is InChI=1S/C38H57FN6O5S/c1-25-32(51-24-42-25)27-15-13-26(14-16-27)29(22-31(47)41-20-12-10-8-6-5-7-9-11-19-40)43-34(48)30-21-28(46)23-45(30)35(49)33(37(2,3)4)44-36(50)38(39)17-18-38/h13-16,24,28-30,33,46H,5-12,17-23,40H2,1-4H3,(H,41,47)(H,43,48)(H,44,50)/t28-,29+,30+,33?/m1/s1. The molecule has 1 aromatic carbocycles. The van der Waals surface area contributed by atoms with Crippen LogP contribution in [0, 0.1) is 12.3 Å². The maximum Gasteiger partial charge on any atom is 0.258 e. The number of β-amino-alcohol motifs (C(OH)–C–C–N with tert-alkyl or cyclic N) is 1. The van der Waals surface area contributed by atoms with Gasteiger partial charge >= 0.3 is 0 Å². The molecule has 0 radical (unpaired) electrons. The third-order valence-corrected chi connectivity index (χ3v) is 10.8. The summed E-state index contributed by atoms with van der Waals surface area (Å²) in [4.78, 5) is 60.4. The number of aliphatic hydroxyl groups excluding tert-OH is 1. The summed E-state index contributed by atoms with van der Waals surface area (Å²) in [5.41, 5.74) is 7.18. The number of rotatable bonds is 19. The first kappa shape index (κ1) is 40.4. The summed E-state index contributed by atoms with van der Waals surface area (Å²) in [5.74, 6) is -2.13. The van der Waals surface area contributed by atoms with Gasteiger partial charge in [0.2, 0.25) is 17.7 Å². The number of alkyl halides is 1. The van der Waals surface area contributed by atoms with Gasteiger partial charge in [0.15, 0.2) is 5.67 Å². The summed E-state index contributed by atoms with van der Waals surface area (Å²) in [5, 5.41) is 19.2. The van der Waals surface area contributed by atoms with Gasteiger partial charge in [0.05, 0.1) is 34.6 Å². The minimum absolute atomic E-state index is 0.00897. The molecular formula is C38H57FN6O5S. The fourth-order valence-electron chi connectivity index (χ4n) is 6.50. The molecule has 1 unspecified atom stereocenters. The zero-order chi connectivity index (χ0) is 37.2. The lowest BCUT2D eigenvalue weighted by molar-refractivity contribution is -0.145. The molecule has 1 aliphatic heterocycles. The Morgan fingerprint density at radius 1 is 1.02 bits per heavy atom. The summed E-state index contributed by atoms with van der Waals surface area (Å²) in [6.45, 7) is 8.38. The van der Waals surface area contributed by atoms with Gasteiger partial charge in [0, 0.05) is 19.5 Å². The number of nitrogens with one attached hydrogen (secondary N) is 3. The van der Waals surface area contributed by atoms with Crippen molar-refractivity contribution in [2.24, 2.45) is 11.1 Å². The van der Waals surface area contributed by atoms with E-state index in [1.807, 2.05) is 31.2 Å². The molecule has 1 saturated carbocycles. The molecule has 1 aromatic heterocycles. The van der Waals surface area contributed by atoms with Crippen LogP contribution in [0.15, 0.2) is 29.8 Å². The van der Waals surface area contributed by atoms with Gasteiger partial charge in [0.1, 0.15) is 12.1 Å². The van der Waals surface area contributed by atoms with Crippen LogP contribution in [0.5, 0.6) is 0 Å². The lowest BCUT2D eigenvalue weighted by atomic mass is 9.85. The molecule has 2 aromatic rings. The van der Waals surface area contributed by atoms with E-state index >= 15 is 0 Å². The maximum absolute atomic E-state index is 14.6. The third kappa shape index (κ3) is 11.5. The zero-order valence-electron chi connectivity index (χ0n) is 30.6. The Kier molecular flexibility index (Phi) is 14.5. The van der Waals surface area contributed by atoms with Crippen LogP contribution < -0.4 is 21.7 Å². The van der Waals surface area contributed by atoms with E-state index in [9.17, 15) is 28.7 Å². The largest absolute Gasteiger partial charge is 0.391 e. The number of aliphatic hydroxyl groups is 1. The van der Waals surface area contributed by atoms with Crippen molar-refractivity contribution in [3.8, 4) is 10.4 Å². The number of thiazole rings is 1. The Bertz CT molecular complexity index is 1470. The molecule has 2 aliphatic rings. The first-order chi connectivity index (χ1) is 24.2. The number of nitrogens with two attached hydrogens (primary N) is 1. The van der Waals surface area contributed by atoms with Gasteiger partial charge in [-0.25, -0.2) is 9.37 Å². The lowest BCUT2D eigenvalue weighted by Gasteiger charge is -2.36.